The van der Waals surface area contributed by atoms with Gasteiger partial charge in [0.1, 0.15) is 5.71 Å². The van der Waals surface area contributed by atoms with Crippen molar-refractivity contribution in [3.63, 3.8) is 0 Å². The number of benzene rings is 1. The van der Waals surface area contributed by atoms with Crippen molar-refractivity contribution in [3.05, 3.63) is 34.9 Å². The number of hydrogen-bond acceptors (Lipinski definition) is 3. The van der Waals surface area contributed by atoms with E-state index in [0.29, 0.717) is 29.3 Å². The Kier molecular flexibility index (Phi) is 4.34. The highest BCUT2D eigenvalue weighted by atomic mass is 35.5. The van der Waals surface area contributed by atoms with Gasteiger partial charge in [0.2, 0.25) is 0 Å². The first kappa shape index (κ1) is 17.2. The number of carbonyl (C=O) groups excluding carboxylic acids is 1. The molecule has 0 bridgehead atoms. The molecule has 130 valence electrons. The molecule has 0 spiro atoms. The van der Waals surface area contributed by atoms with Gasteiger partial charge in [-0.1, -0.05) is 24.4 Å². The Labute approximate surface area is 141 Å². The van der Waals surface area contributed by atoms with Gasteiger partial charge < -0.3 is 5.11 Å². The number of alkyl halides is 3. The Balaban J connectivity index is 2.02. The molecule has 1 aromatic rings. The third-order valence-electron chi connectivity index (χ3n) is 4.57. The molecule has 3 rings (SSSR count). The number of hydrogen-bond donors (Lipinski definition) is 1. The largest absolute Gasteiger partial charge is 0.431 e. The first-order valence-corrected chi connectivity index (χ1v) is 8.09. The molecule has 1 aliphatic carbocycles. The minimum Gasteiger partial charge on any atom is -0.368 e. The standard InChI is InChI=1S/C16H16ClF3N2O2/c17-11-7-5-10(6-8-11)14(23)22-15(24)9-3-1-2-4-12(15)13(21-22)16(18,19)20/h5-8,12,24H,1-4,9H2. The SMILES string of the molecule is O=C(c1ccc(Cl)cc1)N1N=C(C(F)(F)F)C2CCCCCC21O. The molecule has 1 aromatic carbocycles. The zero-order valence-corrected chi connectivity index (χ0v) is 13.4. The fourth-order valence-electron chi connectivity index (χ4n) is 3.38. The summed E-state index contributed by atoms with van der Waals surface area (Å²) in [6.45, 7) is 0. The summed E-state index contributed by atoms with van der Waals surface area (Å²) in [4.78, 5) is 12.7. The quantitative estimate of drug-likeness (QED) is 0.823. The highest BCUT2D eigenvalue weighted by molar-refractivity contribution is 6.30. The van der Waals surface area contributed by atoms with Crippen LogP contribution in [0, 0.1) is 5.92 Å². The Morgan fingerprint density at radius 3 is 2.54 bits per heavy atom. The molecule has 1 N–H and O–H groups in total. The Morgan fingerprint density at radius 2 is 1.92 bits per heavy atom. The molecular weight excluding hydrogens is 345 g/mol. The molecule has 1 saturated carbocycles. The summed E-state index contributed by atoms with van der Waals surface area (Å²) in [6.07, 6.45) is -2.65. The van der Waals surface area contributed by atoms with Gasteiger partial charge in [-0.05, 0) is 43.5 Å². The van der Waals surface area contributed by atoms with Crippen LogP contribution in [0.3, 0.4) is 0 Å². The smallest absolute Gasteiger partial charge is 0.368 e. The van der Waals surface area contributed by atoms with Crippen LogP contribution in [0.4, 0.5) is 13.2 Å². The van der Waals surface area contributed by atoms with Crippen molar-refractivity contribution >= 4 is 23.2 Å². The van der Waals surface area contributed by atoms with E-state index in [1.807, 2.05) is 0 Å². The predicted molar refractivity (Wildman–Crippen MR) is 82.6 cm³/mol. The normalized spacial score (nSPS) is 27.5. The second-order valence-corrected chi connectivity index (χ2v) is 6.57. The van der Waals surface area contributed by atoms with E-state index in [1.54, 1.807) is 0 Å². The molecule has 8 heteroatoms. The molecule has 0 aromatic heterocycles. The van der Waals surface area contributed by atoms with Crippen LogP contribution < -0.4 is 0 Å². The lowest BCUT2D eigenvalue weighted by Crippen LogP contribution is -2.51. The van der Waals surface area contributed by atoms with Gasteiger partial charge in [-0.15, -0.1) is 0 Å². The summed E-state index contributed by atoms with van der Waals surface area (Å²) in [5.41, 5.74) is -2.88. The highest BCUT2D eigenvalue weighted by Gasteiger charge is 2.59. The number of halogens is 4. The molecule has 1 heterocycles. The number of carbonyl (C=O) groups is 1. The number of fused-ring (bicyclic) bond motifs is 1. The summed E-state index contributed by atoms with van der Waals surface area (Å²) in [5, 5.41) is 15.5. The van der Waals surface area contributed by atoms with Gasteiger partial charge in [-0.2, -0.15) is 23.3 Å². The van der Waals surface area contributed by atoms with E-state index in [-0.39, 0.29) is 18.4 Å². The average Bonchev–Trinajstić information content (AvgIpc) is 2.67. The average molecular weight is 361 g/mol. The summed E-state index contributed by atoms with van der Waals surface area (Å²) < 4.78 is 40.0. The minimum atomic E-state index is -4.68. The Morgan fingerprint density at radius 1 is 1.25 bits per heavy atom. The zero-order chi connectivity index (χ0) is 17.5. The van der Waals surface area contributed by atoms with E-state index in [1.165, 1.54) is 24.3 Å². The molecule has 24 heavy (non-hydrogen) atoms. The van der Waals surface area contributed by atoms with Gasteiger partial charge in [0.25, 0.3) is 5.91 Å². The van der Waals surface area contributed by atoms with Crippen LogP contribution in [0.1, 0.15) is 42.5 Å². The van der Waals surface area contributed by atoms with E-state index >= 15 is 0 Å². The maximum Gasteiger partial charge on any atom is 0.431 e. The van der Waals surface area contributed by atoms with Gasteiger partial charge in [0.05, 0.1) is 5.92 Å². The summed E-state index contributed by atoms with van der Waals surface area (Å²) in [5.74, 6) is -1.98. The third kappa shape index (κ3) is 2.91. The molecule has 2 unspecified atom stereocenters. The third-order valence-corrected chi connectivity index (χ3v) is 4.83. The van der Waals surface area contributed by atoms with Crippen LogP contribution in [0.25, 0.3) is 0 Å². The van der Waals surface area contributed by atoms with Crippen molar-refractivity contribution in [3.8, 4) is 0 Å². The lowest BCUT2D eigenvalue weighted by molar-refractivity contribution is -0.108. The van der Waals surface area contributed by atoms with Gasteiger partial charge in [-0.3, -0.25) is 4.79 Å². The lowest BCUT2D eigenvalue weighted by atomic mass is 9.87. The first-order valence-electron chi connectivity index (χ1n) is 7.71. The van der Waals surface area contributed by atoms with Gasteiger partial charge in [0.15, 0.2) is 5.72 Å². The minimum absolute atomic E-state index is 0.0695. The van der Waals surface area contributed by atoms with Crippen LogP contribution in [-0.4, -0.2) is 33.6 Å². The van der Waals surface area contributed by atoms with E-state index in [2.05, 4.69) is 5.10 Å². The van der Waals surface area contributed by atoms with E-state index in [0.717, 1.165) is 0 Å². The zero-order valence-electron chi connectivity index (χ0n) is 12.7. The lowest BCUT2D eigenvalue weighted by Gasteiger charge is -2.35. The summed E-state index contributed by atoms with van der Waals surface area (Å²) in [7, 11) is 0. The molecule has 4 nitrogen and oxygen atoms in total. The van der Waals surface area contributed by atoms with Crippen molar-refractivity contribution < 1.29 is 23.1 Å². The Bertz CT molecular complexity index is 675. The van der Waals surface area contributed by atoms with Crippen LogP contribution in [0.15, 0.2) is 29.4 Å². The van der Waals surface area contributed by atoms with Crippen LogP contribution in [0.5, 0.6) is 0 Å². The van der Waals surface area contributed by atoms with E-state index in [4.69, 9.17) is 11.6 Å². The maximum atomic E-state index is 13.3. The fraction of sp³-hybridized carbons (Fsp3) is 0.500. The second-order valence-electron chi connectivity index (χ2n) is 6.14. The number of amides is 1. The molecular formula is C16H16ClF3N2O2. The van der Waals surface area contributed by atoms with Crippen LogP contribution in [-0.2, 0) is 0 Å². The summed E-state index contributed by atoms with van der Waals surface area (Å²) in [6, 6.07) is 5.74. The number of rotatable bonds is 1. The molecule has 2 atom stereocenters. The predicted octanol–water partition coefficient (Wildman–Crippen LogP) is 3.98. The van der Waals surface area contributed by atoms with Gasteiger partial charge in [-0.25, -0.2) is 0 Å². The molecule has 1 fully saturated rings. The molecule has 1 amide bonds. The van der Waals surface area contributed by atoms with Crippen molar-refractivity contribution in [1.29, 1.82) is 0 Å². The second kappa shape index (κ2) is 6.04. The Hall–Kier alpha value is -1.60. The van der Waals surface area contributed by atoms with E-state index < -0.39 is 29.4 Å². The highest BCUT2D eigenvalue weighted by Crippen LogP contribution is 2.45. The maximum absolute atomic E-state index is 13.3. The monoisotopic (exact) mass is 360 g/mol. The number of aliphatic hydroxyl groups is 1. The number of hydrazone groups is 1. The summed E-state index contributed by atoms with van der Waals surface area (Å²) >= 11 is 5.77. The van der Waals surface area contributed by atoms with Crippen molar-refractivity contribution in [2.45, 2.75) is 44.0 Å². The van der Waals surface area contributed by atoms with Crippen molar-refractivity contribution in [2.75, 3.05) is 0 Å². The molecule has 2 aliphatic rings. The van der Waals surface area contributed by atoms with Gasteiger partial charge in [0, 0.05) is 10.6 Å². The topological polar surface area (TPSA) is 52.9 Å². The van der Waals surface area contributed by atoms with E-state index in [9.17, 15) is 23.1 Å². The van der Waals surface area contributed by atoms with Crippen molar-refractivity contribution in [2.24, 2.45) is 11.0 Å². The molecule has 0 radical (unpaired) electrons. The number of nitrogens with zero attached hydrogens (tertiary/aromatic N) is 2. The first-order chi connectivity index (χ1) is 11.2. The molecule has 0 saturated heterocycles. The molecule has 1 aliphatic heterocycles. The van der Waals surface area contributed by atoms with Crippen LogP contribution in [0.2, 0.25) is 5.02 Å². The van der Waals surface area contributed by atoms with Crippen molar-refractivity contribution in [1.82, 2.24) is 5.01 Å². The van der Waals surface area contributed by atoms with Gasteiger partial charge >= 0.3 is 6.18 Å². The van der Waals surface area contributed by atoms with Crippen LogP contribution >= 0.6 is 11.6 Å². The fourth-order valence-corrected chi connectivity index (χ4v) is 3.51.